The Bertz CT molecular complexity index is 798. The topological polar surface area (TPSA) is 59.0 Å². The highest BCUT2D eigenvalue weighted by Crippen LogP contribution is 2.12. The number of hydrogen-bond acceptors (Lipinski definition) is 2. The summed E-state index contributed by atoms with van der Waals surface area (Å²) in [6.07, 6.45) is 4.56. The standard InChI is InChI=1S/C17H17FN4O/c18-14-4-6-15(7-5-14)21-17(23)20-10-2-11-22-12-8-13-3-1-9-19-16(13)22/h1,3-9,12H,2,10-11H2,(H2,20,21,23). The van der Waals surface area contributed by atoms with Gasteiger partial charge in [0.05, 0.1) is 0 Å². The van der Waals surface area contributed by atoms with Crippen LogP contribution in [0.3, 0.4) is 0 Å². The zero-order valence-corrected chi connectivity index (χ0v) is 12.5. The van der Waals surface area contributed by atoms with Crippen LogP contribution in [-0.2, 0) is 6.54 Å². The van der Waals surface area contributed by atoms with Gasteiger partial charge in [0.25, 0.3) is 0 Å². The molecule has 0 aliphatic heterocycles. The summed E-state index contributed by atoms with van der Waals surface area (Å²) in [5.74, 6) is -0.330. The van der Waals surface area contributed by atoms with E-state index in [0.717, 1.165) is 24.0 Å². The molecule has 6 heteroatoms. The van der Waals surface area contributed by atoms with E-state index in [4.69, 9.17) is 0 Å². The molecule has 0 saturated heterocycles. The zero-order chi connectivity index (χ0) is 16.1. The van der Waals surface area contributed by atoms with Crippen molar-refractivity contribution in [1.29, 1.82) is 0 Å². The van der Waals surface area contributed by atoms with Crippen molar-refractivity contribution >= 4 is 22.8 Å². The normalized spacial score (nSPS) is 10.7. The maximum atomic E-state index is 12.8. The fourth-order valence-corrected chi connectivity index (χ4v) is 2.36. The van der Waals surface area contributed by atoms with Crippen molar-refractivity contribution in [3.63, 3.8) is 0 Å². The smallest absolute Gasteiger partial charge is 0.319 e. The molecule has 118 valence electrons. The van der Waals surface area contributed by atoms with Gasteiger partial charge in [-0.2, -0.15) is 0 Å². The molecule has 0 aliphatic carbocycles. The molecule has 2 amide bonds. The number of amides is 2. The highest BCUT2D eigenvalue weighted by molar-refractivity contribution is 5.89. The van der Waals surface area contributed by atoms with Crippen molar-refractivity contribution in [2.75, 3.05) is 11.9 Å². The predicted octanol–water partition coefficient (Wildman–Crippen LogP) is 3.39. The zero-order valence-electron chi connectivity index (χ0n) is 12.5. The molecular formula is C17H17FN4O. The van der Waals surface area contributed by atoms with E-state index >= 15 is 0 Å². The summed E-state index contributed by atoms with van der Waals surface area (Å²) in [5.41, 5.74) is 1.51. The van der Waals surface area contributed by atoms with E-state index in [2.05, 4.69) is 20.2 Å². The molecule has 2 aromatic heterocycles. The number of aromatic nitrogens is 2. The number of nitrogens with zero attached hydrogens (tertiary/aromatic N) is 2. The molecule has 1 aromatic carbocycles. The summed E-state index contributed by atoms with van der Waals surface area (Å²) in [4.78, 5) is 16.1. The largest absolute Gasteiger partial charge is 0.338 e. The Morgan fingerprint density at radius 3 is 2.83 bits per heavy atom. The number of pyridine rings is 1. The number of hydrogen-bond donors (Lipinski definition) is 2. The summed E-state index contributed by atoms with van der Waals surface area (Å²) in [6, 6.07) is 11.3. The highest BCUT2D eigenvalue weighted by Gasteiger charge is 2.03. The summed E-state index contributed by atoms with van der Waals surface area (Å²) >= 11 is 0. The van der Waals surface area contributed by atoms with Gasteiger partial charge in [-0.25, -0.2) is 14.2 Å². The van der Waals surface area contributed by atoms with Crippen LogP contribution in [0.25, 0.3) is 11.0 Å². The Morgan fingerprint density at radius 1 is 1.17 bits per heavy atom. The third-order valence-corrected chi connectivity index (χ3v) is 3.49. The van der Waals surface area contributed by atoms with Crippen molar-refractivity contribution in [3.8, 4) is 0 Å². The van der Waals surface area contributed by atoms with E-state index in [0.29, 0.717) is 12.2 Å². The van der Waals surface area contributed by atoms with E-state index in [1.165, 1.54) is 24.3 Å². The van der Waals surface area contributed by atoms with E-state index in [1.807, 2.05) is 24.4 Å². The molecule has 3 rings (SSSR count). The van der Waals surface area contributed by atoms with E-state index in [9.17, 15) is 9.18 Å². The minimum atomic E-state index is -0.330. The van der Waals surface area contributed by atoms with Crippen LogP contribution in [0.2, 0.25) is 0 Å². The van der Waals surface area contributed by atoms with E-state index in [1.54, 1.807) is 6.20 Å². The molecule has 3 aromatic rings. The number of aryl methyl sites for hydroxylation is 1. The number of carbonyl (C=O) groups is 1. The second kappa shape index (κ2) is 6.91. The average Bonchev–Trinajstić information content (AvgIpc) is 2.97. The Morgan fingerprint density at radius 2 is 2.00 bits per heavy atom. The maximum Gasteiger partial charge on any atom is 0.319 e. The summed E-state index contributed by atoms with van der Waals surface area (Å²) < 4.78 is 14.8. The second-order valence-electron chi connectivity index (χ2n) is 5.17. The Labute approximate surface area is 133 Å². The number of nitrogens with one attached hydrogen (secondary N) is 2. The lowest BCUT2D eigenvalue weighted by molar-refractivity contribution is 0.252. The van der Waals surface area contributed by atoms with Crippen LogP contribution in [0.1, 0.15) is 6.42 Å². The first kappa shape index (κ1) is 15.0. The van der Waals surface area contributed by atoms with Gasteiger partial charge in [0.2, 0.25) is 0 Å². The predicted molar refractivity (Wildman–Crippen MR) is 87.8 cm³/mol. The van der Waals surface area contributed by atoms with Crippen LogP contribution in [-0.4, -0.2) is 22.1 Å². The molecule has 0 saturated carbocycles. The van der Waals surface area contributed by atoms with Gasteiger partial charge in [0.15, 0.2) is 0 Å². The van der Waals surface area contributed by atoms with Crippen LogP contribution in [0.5, 0.6) is 0 Å². The van der Waals surface area contributed by atoms with Crippen LogP contribution in [0.4, 0.5) is 14.9 Å². The SMILES string of the molecule is O=C(NCCCn1ccc2cccnc21)Nc1ccc(F)cc1. The molecule has 2 heterocycles. The Hall–Kier alpha value is -2.89. The monoisotopic (exact) mass is 312 g/mol. The molecule has 0 bridgehead atoms. The Kier molecular flexibility index (Phi) is 4.52. The molecule has 2 N–H and O–H groups in total. The van der Waals surface area contributed by atoms with Gasteiger partial charge in [-0.05, 0) is 48.9 Å². The lowest BCUT2D eigenvalue weighted by atomic mass is 10.3. The van der Waals surface area contributed by atoms with Crippen molar-refractivity contribution in [1.82, 2.24) is 14.9 Å². The number of urea groups is 1. The molecule has 5 nitrogen and oxygen atoms in total. The first-order chi connectivity index (χ1) is 11.2. The first-order valence-electron chi connectivity index (χ1n) is 7.43. The molecule has 0 aliphatic rings. The lowest BCUT2D eigenvalue weighted by Gasteiger charge is -2.08. The van der Waals surface area contributed by atoms with Crippen LogP contribution >= 0.6 is 0 Å². The quantitative estimate of drug-likeness (QED) is 0.710. The number of anilines is 1. The highest BCUT2D eigenvalue weighted by atomic mass is 19.1. The molecule has 0 unspecified atom stereocenters. The summed E-state index contributed by atoms with van der Waals surface area (Å²) in [7, 11) is 0. The van der Waals surface area contributed by atoms with E-state index < -0.39 is 0 Å². The van der Waals surface area contributed by atoms with E-state index in [-0.39, 0.29) is 11.8 Å². The lowest BCUT2D eigenvalue weighted by Crippen LogP contribution is -2.30. The number of rotatable bonds is 5. The molecule has 0 radical (unpaired) electrons. The molecule has 0 fully saturated rings. The van der Waals surface area contributed by atoms with Gasteiger partial charge in [-0.3, -0.25) is 0 Å². The van der Waals surface area contributed by atoms with Gasteiger partial charge in [0, 0.05) is 36.6 Å². The van der Waals surface area contributed by atoms with Crippen molar-refractivity contribution < 1.29 is 9.18 Å². The first-order valence-corrected chi connectivity index (χ1v) is 7.43. The van der Waals surface area contributed by atoms with Gasteiger partial charge in [0.1, 0.15) is 11.5 Å². The fraction of sp³-hybridized carbons (Fsp3) is 0.176. The van der Waals surface area contributed by atoms with Gasteiger partial charge >= 0.3 is 6.03 Å². The minimum Gasteiger partial charge on any atom is -0.338 e. The Balaban J connectivity index is 1.44. The van der Waals surface area contributed by atoms with Crippen LogP contribution in [0, 0.1) is 5.82 Å². The summed E-state index contributed by atoms with van der Waals surface area (Å²) in [5, 5.41) is 6.54. The fourth-order valence-electron chi connectivity index (χ4n) is 2.36. The van der Waals surface area contributed by atoms with Gasteiger partial charge < -0.3 is 15.2 Å². The number of carbonyl (C=O) groups excluding carboxylic acids is 1. The van der Waals surface area contributed by atoms with Crippen molar-refractivity contribution in [2.24, 2.45) is 0 Å². The summed E-state index contributed by atoms with van der Waals surface area (Å²) in [6.45, 7) is 1.32. The number of benzene rings is 1. The molecular weight excluding hydrogens is 295 g/mol. The number of fused-ring (bicyclic) bond motifs is 1. The van der Waals surface area contributed by atoms with Crippen LogP contribution < -0.4 is 10.6 Å². The van der Waals surface area contributed by atoms with Crippen LogP contribution in [0.15, 0.2) is 54.9 Å². The van der Waals surface area contributed by atoms with Crippen molar-refractivity contribution in [2.45, 2.75) is 13.0 Å². The van der Waals surface area contributed by atoms with Crippen molar-refractivity contribution in [3.05, 3.63) is 60.7 Å². The molecule has 0 spiro atoms. The van der Waals surface area contributed by atoms with Gasteiger partial charge in [-0.15, -0.1) is 0 Å². The third kappa shape index (κ3) is 3.85. The second-order valence-corrected chi connectivity index (χ2v) is 5.17. The third-order valence-electron chi connectivity index (χ3n) is 3.49. The van der Waals surface area contributed by atoms with Gasteiger partial charge in [-0.1, -0.05) is 0 Å². The minimum absolute atomic E-state index is 0.299. The maximum absolute atomic E-state index is 12.8. The average molecular weight is 312 g/mol. The number of halogens is 1. The molecule has 23 heavy (non-hydrogen) atoms. The molecule has 0 atom stereocenters.